The SMILES string of the molecule is O=C(CN(CC1CC1)C1CCCCC1)Nc1cc2c(cc1Cl)OCCCO2. The lowest BCUT2D eigenvalue weighted by Gasteiger charge is -2.34. The summed E-state index contributed by atoms with van der Waals surface area (Å²) in [5.74, 6) is 2.07. The van der Waals surface area contributed by atoms with Crippen LogP contribution in [0.15, 0.2) is 12.1 Å². The number of halogens is 1. The third-order valence-electron chi connectivity index (χ3n) is 5.74. The van der Waals surface area contributed by atoms with E-state index in [1.54, 1.807) is 12.1 Å². The monoisotopic (exact) mass is 392 g/mol. The van der Waals surface area contributed by atoms with E-state index in [0.29, 0.717) is 48.0 Å². The highest BCUT2D eigenvalue weighted by Gasteiger charge is 2.30. The molecule has 2 aliphatic carbocycles. The molecule has 5 nitrogen and oxygen atoms in total. The molecule has 3 aliphatic rings. The second kappa shape index (κ2) is 8.70. The van der Waals surface area contributed by atoms with E-state index in [4.69, 9.17) is 21.1 Å². The van der Waals surface area contributed by atoms with E-state index in [-0.39, 0.29) is 5.91 Å². The van der Waals surface area contributed by atoms with Gasteiger partial charge in [0.2, 0.25) is 5.91 Å². The highest BCUT2D eigenvalue weighted by molar-refractivity contribution is 6.34. The van der Waals surface area contributed by atoms with Crippen molar-refractivity contribution in [1.29, 1.82) is 0 Å². The van der Waals surface area contributed by atoms with E-state index in [1.807, 2.05) is 0 Å². The normalized spacial score (nSPS) is 20.4. The number of hydrogen-bond donors (Lipinski definition) is 1. The van der Waals surface area contributed by atoms with Crippen LogP contribution >= 0.6 is 11.6 Å². The average molecular weight is 393 g/mol. The minimum Gasteiger partial charge on any atom is -0.490 e. The summed E-state index contributed by atoms with van der Waals surface area (Å²) in [6, 6.07) is 4.07. The van der Waals surface area contributed by atoms with Gasteiger partial charge in [0.1, 0.15) is 0 Å². The van der Waals surface area contributed by atoms with Gasteiger partial charge < -0.3 is 14.8 Å². The Balaban J connectivity index is 1.41. The van der Waals surface area contributed by atoms with E-state index in [0.717, 1.165) is 18.9 Å². The first-order valence-electron chi connectivity index (χ1n) is 10.3. The van der Waals surface area contributed by atoms with Crippen molar-refractivity contribution < 1.29 is 14.3 Å². The van der Waals surface area contributed by atoms with Crippen molar-refractivity contribution in [1.82, 2.24) is 4.90 Å². The number of rotatable bonds is 6. The molecule has 0 saturated heterocycles. The van der Waals surface area contributed by atoms with Gasteiger partial charge in [-0.1, -0.05) is 30.9 Å². The maximum atomic E-state index is 12.8. The summed E-state index contributed by atoms with van der Waals surface area (Å²) in [6.45, 7) is 2.71. The first kappa shape index (κ1) is 18.9. The van der Waals surface area contributed by atoms with Crippen molar-refractivity contribution in [3.8, 4) is 11.5 Å². The molecule has 0 aromatic heterocycles. The Labute approximate surface area is 166 Å². The number of benzene rings is 1. The number of carbonyl (C=O) groups excluding carboxylic acids is 1. The molecular weight excluding hydrogens is 364 g/mol. The summed E-state index contributed by atoms with van der Waals surface area (Å²) in [5.41, 5.74) is 0.598. The lowest BCUT2D eigenvalue weighted by atomic mass is 9.94. The number of amides is 1. The Morgan fingerprint density at radius 3 is 2.44 bits per heavy atom. The lowest BCUT2D eigenvalue weighted by molar-refractivity contribution is -0.118. The van der Waals surface area contributed by atoms with Crippen LogP contribution in [0.2, 0.25) is 5.02 Å². The molecule has 1 aromatic carbocycles. The second-order valence-electron chi connectivity index (χ2n) is 8.04. The van der Waals surface area contributed by atoms with Gasteiger partial charge in [-0.25, -0.2) is 0 Å². The van der Waals surface area contributed by atoms with Gasteiger partial charge in [-0.3, -0.25) is 9.69 Å². The van der Waals surface area contributed by atoms with E-state index in [9.17, 15) is 4.79 Å². The molecule has 0 spiro atoms. The molecule has 2 fully saturated rings. The average Bonchev–Trinajstić information content (AvgIpc) is 3.50. The highest BCUT2D eigenvalue weighted by Crippen LogP contribution is 2.38. The molecule has 2 saturated carbocycles. The van der Waals surface area contributed by atoms with Crippen LogP contribution in [0.4, 0.5) is 5.69 Å². The first-order valence-corrected chi connectivity index (χ1v) is 10.7. The molecule has 148 valence electrons. The zero-order valence-electron chi connectivity index (χ0n) is 15.8. The summed E-state index contributed by atoms with van der Waals surface area (Å²) in [6.07, 6.45) is 9.76. The molecule has 0 atom stereocenters. The Morgan fingerprint density at radius 2 is 1.74 bits per heavy atom. The van der Waals surface area contributed by atoms with Gasteiger partial charge in [0.25, 0.3) is 0 Å². The number of ether oxygens (including phenoxy) is 2. The third-order valence-corrected chi connectivity index (χ3v) is 6.05. The molecule has 0 unspecified atom stereocenters. The molecule has 1 amide bonds. The number of hydrogen-bond acceptors (Lipinski definition) is 4. The predicted octanol–water partition coefficient (Wildman–Crippen LogP) is 4.48. The Morgan fingerprint density at radius 1 is 1.04 bits per heavy atom. The maximum absolute atomic E-state index is 12.8. The van der Waals surface area contributed by atoms with Crippen LogP contribution in [0.5, 0.6) is 11.5 Å². The number of nitrogens with one attached hydrogen (secondary N) is 1. The van der Waals surface area contributed by atoms with Crippen molar-refractivity contribution in [2.75, 3.05) is 31.6 Å². The van der Waals surface area contributed by atoms with Crippen molar-refractivity contribution in [2.45, 2.75) is 57.4 Å². The second-order valence-corrected chi connectivity index (χ2v) is 8.45. The van der Waals surface area contributed by atoms with Crippen molar-refractivity contribution in [2.24, 2.45) is 5.92 Å². The van der Waals surface area contributed by atoms with E-state index in [1.165, 1.54) is 44.9 Å². The van der Waals surface area contributed by atoms with Crippen LogP contribution in [0.25, 0.3) is 0 Å². The quantitative estimate of drug-likeness (QED) is 0.775. The molecule has 1 aliphatic heterocycles. The first-order chi connectivity index (χ1) is 13.2. The van der Waals surface area contributed by atoms with E-state index < -0.39 is 0 Å². The number of nitrogens with zero attached hydrogens (tertiary/aromatic N) is 1. The Kier molecular flexibility index (Phi) is 6.08. The summed E-state index contributed by atoms with van der Waals surface area (Å²) >= 11 is 6.37. The minimum atomic E-state index is -0.00221. The smallest absolute Gasteiger partial charge is 0.238 e. The van der Waals surface area contributed by atoms with Gasteiger partial charge in [0.05, 0.1) is 30.5 Å². The van der Waals surface area contributed by atoms with Gasteiger partial charge in [-0.05, 0) is 31.6 Å². The zero-order valence-corrected chi connectivity index (χ0v) is 16.6. The van der Waals surface area contributed by atoms with Crippen molar-refractivity contribution >= 4 is 23.2 Å². The van der Waals surface area contributed by atoms with Crippen LogP contribution in [0, 0.1) is 5.92 Å². The summed E-state index contributed by atoms with van der Waals surface area (Å²) in [4.78, 5) is 15.2. The van der Waals surface area contributed by atoms with Crippen LogP contribution in [0.1, 0.15) is 51.4 Å². The summed E-state index contributed by atoms with van der Waals surface area (Å²) < 4.78 is 11.4. The fourth-order valence-electron chi connectivity index (χ4n) is 4.07. The van der Waals surface area contributed by atoms with Gasteiger partial charge in [-0.15, -0.1) is 0 Å². The topological polar surface area (TPSA) is 50.8 Å². The molecule has 6 heteroatoms. The molecule has 0 bridgehead atoms. The van der Waals surface area contributed by atoms with Gasteiger partial charge in [0, 0.05) is 31.1 Å². The molecule has 1 N–H and O–H groups in total. The predicted molar refractivity (Wildman–Crippen MR) is 107 cm³/mol. The largest absolute Gasteiger partial charge is 0.490 e. The van der Waals surface area contributed by atoms with Crippen LogP contribution in [-0.2, 0) is 4.79 Å². The van der Waals surface area contributed by atoms with Gasteiger partial charge >= 0.3 is 0 Å². The van der Waals surface area contributed by atoms with Gasteiger partial charge in [-0.2, -0.15) is 0 Å². The molecule has 1 heterocycles. The number of carbonyl (C=O) groups is 1. The van der Waals surface area contributed by atoms with Crippen molar-refractivity contribution in [3.63, 3.8) is 0 Å². The fourth-order valence-corrected chi connectivity index (χ4v) is 4.28. The summed E-state index contributed by atoms with van der Waals surface area (Å²) in [5, 5.41) is 3.48. The molecular formula is C21H29ClN2O3. The summed E-state index contributed by atoms with van der Waals surface area (Å²) in [7, 11) is 0. The van der Waals surface area contributed by atoms with E-state index >= 15 is 0 Å². The maximum Gasteiger partial charge on any atom is 0.238 e. The Bertz CT molecular complexity index is 672. The third kappa shape index (κ3) is 5.08. The molecule has 27 heavy (non-hydrogen) atoms. The highest BCUT2D eigenvalue weighted by atomic mass is 35.5. The molecule has 0 radical (unpaired) electrons. The standard InChI is InChI=1S/C21H29ClN2O3/c22-17-11-19-20(27-10-4-9-26-19)12-18(17)23-21(25)14-24(13-15-7-8-15)16-5-2-1-3-6-16/h11-12,15-16H,1-10,13-14H2,(H,23,25). The van der Waals surface area contributed by atoms with E-state index in [2.05, 4.69) is 10.2 Å². The van der Waals surface area contributed by atoms with Crippen LogP contribution < -0.4 is 14.8 Å². The number of anilines is 1. The van der Waals surface area contributed by atoms with Gasteiger partial charge in [0.15, 0.2) is 11.5 Å². The van der Waals surface area contributed by atoms with Crippen LogP contribution in [-0.4, -0.2) is 43.2 Å². The van der Waals surface area contributed by atoms with Crippen molar-refractivity contribution in [3.05, 3.63) is 17.2 Å². The zero-order chi connectivity index (χ0) is 18.6. The fraction of sp³-hybridized carbons (Fsp3) is 0.667. The lowest BCUT2D eigenvalue weighted by Crippen LogP contribution is -2.43. The Hall–Kier alpha value is -1.46. The molecule has 4 rings (SSSR count). The number of fused-ring (bicyclic) bond motifs is 1. The molecule has 1 aromatic rings. The minimum absolute atomic E-state index is 0.00221. The van der Waals surface area contributed by atoms with Crippen LogP contribution in [0.3, 0.4) is 0 Å².